The SMILES string of the molecule is CC(C)(C)OC(=O)NCCCc1cccc2nc(CNc3nc(N4CCOCC4)nc4c(Br)cnn34)n(COCC[Si](C)(C)C)c12. The summed E-state index contributed by atoms with van der Waals surface area (Å²) >= 11 is 3.59. The van der Waals surface area contributed by atoms with Gasteiger partial charge in [0.15, 0.2) is 5.65 Å². The number of hydrogen-bond donors (Lipinski definition) is 2. The summed E-state index contributed by atoms with van der Waals surface area (Å²) in [4.78, 5) is 28.9. The summed E-state index contributed by atoms with van der Waals surface area (Å²) < 4.78 is 21.8. The minimum atomic E-state index is -1.25. The highest BCUT2D eigenvalue weighted by molar-refractivity contribution is 9.10. The molecule has 3 aromatic heterocycles. The molecule has 4 aromatic rings. The number of benzene rings is 1. The fourth-order valence-corrected chi connectivity index (χ4v) is 6.22. The van der Waals surface area contributed by atoms with Gasteiger partial charge in [-0.1, -0.05) is 31.8 Å². The van der Waals surface area contributed by atoms with E-state index in [2.05, 4.69) is 66.8 Å². The highest BCUT2D eigenvalue weighted by Gasteiger charge is 2.21. The van der Waals surface area contributed by atoms with Crippen molar-refractivity contribution < 1.29 is 19.0 Å². The Balaban J connectivity index is 1.38. The van der Waals surface area contributed by atoms with E-state index in [0.29, 0.717) is 57.2 Å². The topological polar surface area (TPSA) is 133 Å². The summed E-state index contributed by atoms with van der Waals surface area (Å²) in [5, 5.41) is 10.9. The number of hydrogen-bond acceptors (Lipinski definition) is 10. The van der Waals surface area contributed by atoms with E-state index in [1.165, 1.54) is 0 Å². The molecule has 15 heteroatoms. The van der Waals surface area contributed by atoms with E-state index in [1.54, 1.807) is 10.7 Å². The van der Waals surface area contributed by atoms with E-state index >= 15 is 0 Å². The van der Waals surface area contributed by atoms with Gasteiger partial charge in [-0.15, -0.1) is 0 Å². The molecule has 0 unspecified atom stereocenters. The molecule has 1 fully saturated rings. The van der Waals surface area contributed by atoms with Crippen LogP contribution in [0.15, 0.2) is 28.9 Å². The minimum Gasteiger partial charge on any atom is -0.444 e. The van der Waals surface area contributed by atoms with Crippen LogP contribution in [0.25, 0.3) is 16.7 Å². The molecule has 5 rings (SSSR count). The zero-order chi connectivity index (χ0) is 32.9. The average molecular weight is 717 g/mol. The number of carbonyl (C=O) groups is 1. The van der Waals surface area contributed by atoms with Gasteiger partial charge in [-0.3, -0.25) is 0 Å². The van der Waals surface area contributed by atoms with Crippen LogP contribution in [-0.2, 0) is 33.9 Å². The van der Waals surface area contributed by atoms with E-state index in [4.69, 9.17) is 29.2 Å². The van der Waals surface area contributed by atoms with Crippen molar-refractivity contribution in [1.82, 2.24) is 34.4 Å². The lowest BCUT2D eigenvalue weighted by Crippen LogP contribution is -2.37. The largest absolute Gasteiger partial charge is 0.444 e. The molecule has 1 saturated heterocycles. The Labute approximate surface area is 279 Å². The van der Waals surface area contributed by atoms with E-state index in [9.17, 15) is 4.79 Å². The molecule has 0 saturated carbocycles. The number of imidazole rings is 1. The molecule has 1 aromatic carbocycles. The number of amides is 1. The summed E-state index contributed by atoms with van der Waals surface area (Å²) in [6, 6.07) is 7.26. The van der Waals surface area contributed by atoms with Gasteiger partial charge in [0.2, 0.25) is 11.9 Å². The molecule has 0 atom stereocenters. The molecular formula is C31H46BrN9O4Si. The van der Waals surface area contributed by atoms with E-state index in [1.807, 2.05) is 32.9 Å². The predicted octanol–water partition coefficient (Wildman–Crippen LogP) is 5.45. The smallest absolute Gasteiger partial charge is 0.407 e. The molecule has 1 amide bonds. The maximum absolute atomic E-state index is 12.1. The summed E-state index contributed by atoms with van der Waals surface area (Å²) in [5.41, 5.74) is 3.23. The Morgan fingerprint density at radius 2 is 1.91 bits per heavy atom. The molecule has 250 valence electrons. The summed E-state index contributed by atoms with van der Waals surface area (Å²) in [7, 11) is -1.25. The molecule has 13 nitrogen and oxygen atoms in total. The third-order valence-electron chi connectivity index (χ3n) is 7.45. The molecule has 46 heavy (non-hydrogen) atoms. The molecule has 0 spiro atoms. The number of aryl methyl sites for hydroxylation is 1. The van der Waals surface area contributed by atoms with Crippen LogP contribution in [0.5, 0.6) is 0 Å². The Morgan fingerprint density at radius 1 is 1.13 bits per heavy atom. The van der Waals surface area contributed by atoms with Gasteiger partial charge < -0.3 is 34.3 Å². The zero-order valence-electron chi connectivity index (χ0n) is 27.7. The number of fused-ring (bicyclic) bond motifs is 2. The summed E-state index contributed by atoms with van der Waals surface area (Å²) in [6.45, 7) is 17.3. The number of anilines is 2. The van der Waals surface area contributed by atoms with Crippen molar-refractivity contribution in [3.05, 3.63) is 40.3 Å². The standard InChI is InChI=1S/C31H46BrN9O4Si/c1-31(2,3)45-30(42)33-12-8-10-22-9-7-11-24-26(22)40(21-44-17-18-46(4,5)6)25(36-24)20-34-28-38-29(39-13-15-43-16-14-39)37-27-23(32)19-35-41(27)28/h7,9,11,19H,8,10,12-18,20-21H2,1-6H3,(H,33,42)(H,34,37,38). The Hall–Kier alpha value is -3.27. The van der Waals surface area contributed by atoms with Crippen molar-refractivity contribution in [3.63, 3.8) is 0 Å². The van der Waals surface area contributed by atoms with Crippen LogP contribution in [0.3, 0.4) is 0 Å². The summed E-state index contributed by atoms with van der Waals surface area (Å²) in [5.74, 6) is 2.03. The highest BCUT2D eigenvalue weighted by Crippen LogP contribution is 2.25. The lowest BCUT2D eigenvalue weighted by atomic mass is 10.1. The van der Waals surface area contributed by atoms with Crippen LogP contribution in [0.2, 0.25) is 25.7 Å². The number of alkyl carbamates (subject to hydrolysis) is 1. The van der Waals surface area contributed by atoms with Gasteiger partial charge in [-0.25, -0.2) is 9.78 Å². The second-order valence-corrected chi connectivity index (χ2v) is 20.1. The number of carbonyl (C=O) groups excluding carboxylic acids is 1. The first-order valence-corrected chi connectivity index (χ1v) is 20.4. The van der Waals surface area contributed by atoms with Gasteiger partial charge in [-0.2, -0.15) is 19.6 Å². The highest BCUT2D eigenvalue weighted by atomic mass is 79.9. The lowest BCUT2D eigenvalue weighted by molar-refractivity contribution is 0.0527. The molecule has 1 aliphatic rings. The van der Waals surface area contributed by atoms with Crippen LogP contribution in [-0.4, -0.2) is 88.4 Å². The maximum atomic E-state index is 12.1. The van der Waals surface area contributed by atoms with Crippen molar-refractivity contribution in [2.24, 2.45) is 0 Å². The average Bonchev–Trinajstić information content (AvgIpc) is 3.55. The fraction of sp³-hybridized carbons (Fsp3) is 0.581. The van der Waals surface area contributed by atoms with E-state index < -0.39 is 19.8 Å². The van der Waals surface area contributed by atoms with Crippen LogP contribution in [0.4, 0.5) is 16.7 Å². The first-order chi connectivity index (χ1) is 21.9. The Morgan fingerprint density at radius 3 is 2.65 bits per heavy atom. The molecule has 0 aliphatic carbocycles. The third kappa shape index (κ3) is 8.95. The zero-order valence-corrected chi connectivity index (χ0v) is 30.3. The number of rotatable bonds is 13. The number of halogens is 1. The number of nitrogens with zero attached hydrogens (tertiary/aromatic N) is 7. The van der Waals surface area contributed by atoms with Gasteiger partial charge in [-0.05, 0) is 67.2 Å². The normalized spacial score (nSPS) is 14.3. The van der Waals surface area contributed by atoms with Crippen molar-refractivity contribution in [2.75, 3.05) is 49.7 Å². The van der Waals surface area contributed by atoms with Gasteiger partial charge in [0.05, 0.1) is 41.5 Å². The first-order valence-electron chi connectivity index (χ1n) is 15.9. The van der Waals surface area contributed by atoms with Crippen molar-refractivity contribution >= 4 is 58.7 Å². The van der Waals surface area contributed by atoms with Crippen LogP contribution in [0.1, 0.15) is 38.6 Å². The van der Waals surface area contributed by atoms with Crippen LogP contribution in [0, 0.1) is 0 Å². The lowest BCUT2D eigenvalue weighted by Gasteiger charge is -2.27. The molecule has 2 N–H and O–H groups in total. The number of ether oxygens (including phenoxy) is 3. The van der Waals surface area contributed by atoms with Gasteiger partial charge in [0.25, 0.3) is 0 Å². The fourth-order valence-electron chi connectivity index (χ4n) is 5.12. The summed E-state index contributed by atoms with van der Waals surface area (Å²) in [6.07, 6.45) is 2.84. The van der Waals surface area contributed by atoms with Crippen molar-refractivity contribution in [2.45, 2.75) is 78.2 Å². The van der Waals surface area contributed by atoms with E-state index in [0.717, 1.165) is 58.9 Å². The molecular weight excluding hydrogens is 670 g/mol. The van der Waals surface area contributed by atoms with E-state index in [-0.39, 0.29) is 0 Å². The molecule has 4 heterocycles. The number of para-hydroxylation sites is 1. The maximum Gasteiger partial charge on any atom is 0.407 e. The molecule has 1 aliphatic heterocycles. The van der Waals surface area contributed by atoms with Crippen molar-refractivity contribution in [3.8, 4) is 0 Å². The third-order valence-corrected chi connectivity index (χ3v) is 9.71. The minimum absolute atomic E-state index is 0.386. The van der Waals surface area contributed by atoms with Gasteiger partial charge in [0.1, 0.15) is 18.2 Å². The quantitative estimate of drug-likeness (QED) is 0.136. The van der Waals surface area contributed by atoms with Crippen LogP contribution < -0.4 is 15.5 Å². The van der Waals surface area contributed by atoms with Gasteiger partial charge in [0, 0.05) is 34.3 Å². The molecule has 0 bridgehead atoms. The monoisotopic (exact) mass is 715 g/mol. The second-order valence-electron chi connectivity index (χ2n) is 13.6. The van der Waals surface area contributed by atoms with Crippen LogP contribution >= 0.6 is 15.9 Å². The van der Waals surface area contributed by atoms with Gasteiger partial charge >= 0.3 is 6.09 Å². The predicted molar refractivity (Wildman–Crippen MR) is 185 cm³/mol. The van der Waals surface area contributed by atoms with Crippen molar-refractivity contribution in [1.29, 1.82) is 0 Å². The number of morpholine rings is 1. The number of nitrogens with one attached hydrogen (secondary N) is 2. The number of aromatic nitrogens is 6. The Kier molecular flexibility index (Phi) is 10.9. The first kappa shape index (κ1) is 34.1. The molecule has 0 radical (unpaired) electrons. The Bertz CT molecular complexity index is 1640. The second kappa shape index (κ2) is 14.7.